The Hall–Kier alpha value is -2.31. The monoisotopic (exact) mass is 370 g/mol. The molecule has 0 saturated carbocycles. The minimum Gasteiger partial charge on any atom is -0.497 e. The van der Waals surface area contributed by atoms with E-state index in [1.165, 1.54) is 11.3 Å². The summed E-state index contributed by atoms with van der Waals surface area (Å²) in [6.07, 6.45) is 0. The number of benzene rings is 2. The molecular weight excluding hydrogens is 352 g/mol. The van der Waals surface area contributed by atoms with E-state index in [2.05, 4.69) is 17.2 Å². The van der Waals surface area contributed by atoms with Crippen molar-refractivity contribution in [2.24, 2.45) is 0 Å². The Morgan fingerprint density at radius 2 is 1.96 bits per heavy atom. The Labute approximate surface area is 155 Å². The first kappa shape index (κ1) is 17.5. The standard InChI is InChI=1S/C19H18N2O2S2/c1-3-24-17-7-5-4-6-15(17)18(22)21-19-20-16(12-25-19)13-8-10-14(23-2)11-9-13/h4-12H,3H2,1-2H3,(H,20,21,22). The van der Waals surface area contributed by atoms with Gasteiger partial charge in [0.15, 0.2) is 5.13 Å². The summed E-state index contributed by atoms with van der Waals surface area (Å²) >= 11 is 3.07. The van der Waals surface area contributed by atoms with Gasteiger partial charge < -0.3 is 4.74 Å². The molecule has 3 aromatic rings. The van der Waals surface area contributed by atoms with Crippen LogP contribution in [0.5, 0.6) is 5.75 Å². The summed E-state index contributed by atoms with van der Waals surface area (Å²) in [5.41, 5.74) is 2.49. The van der Waals surface area contributed by atoms with Gasteiger partial charge in [0, 0.05) is 15.8 Å². The third kappa shape index (κ3) is 4.21. The Bertz CT molecular complexity index is 860. The van der Waals surface area contributed by atoms with Crippen LogP contribution in [-0.2, 0) is 0 Å². The number of thiazole rings is 1. The average Bonchev–Trinajstić information content (AvgIpc) is 3.11. The van der Waals surface area contributed by atoms with Crippen molar-refractivity contribution in [3.63, 3.8) is 0 Å². The number of carbonyl (C=O) groups excluding carboxylic acids is 1. The summed E-state index contributed by atoms with van der Waals surface area (Å²) in [6.45, 7) is 2.07. The van der Waals surface area contributed by atoms with E-state index >= 15 is 0 Å². The zero-order chi connectivity index (χ0) is 17.6. The second-order valence-electron chi connectivity index (χ2n) is 5.15. The molecular formula is C19H18N2O2S2. The van der Waals surface area contributed by atoms with Crippen LogP contribution in [0.25, 0.3) is 11.3 Å². The number of aromatic nitrogens is 1. The highest BCUT2D eigenvalue weighted by atomic mass is 32.2. The van der Waals surface area contributed by atoms with Gasteiger partial charge in [-0.25, -0.2) is 4.98 Å². The van der Waals surface area contributed by atoms with Gasteiger partial charge in [0.05, 0.1) is 18.4 Å². The zero-order valence-corrected chi connectivity index (χ0v) is 15.6. The van der Waals surface area contributed by atoms with Crippen LogP contribution < -0.4 is 10.1 Å². The van der Waals surface area contributed by atoms with Crippen molar-refractivity contribution in [3.8, 4) is 17.0 Å². The SMILES string of the molecule is CCSc1ccccc1C(=O)Nc1nc(-c2ccc(OC)cc2)cs1. The number of thioether (sulfide) groups is 1. The summed E-state index contributed by atoms with van der Waals surface area (Å²) in [6, 6.07) is 15.3. The number of nitrogens with zero attached hydrogens (tertiary/aromatic N) is 1. The van der Waals surface area contributed by atoms with Crippen molar-refractivity contribution >= 4 is 34.1 Å². The second kappa shape index (κ2) is 8.18. The normalized spacial score (nSPS) is 10.5. The largest absolute Gasteiger partial charge is 0.497 e. The van der Waals surface area contributed by atoms with Gasteiger partial charge >= 0.3 is 0 Å². The molecule has 1 heterocycles. The lowest BCUT2D eigenvalue weighted by Gasteiger charge is -2.07. The molecule has 0 saturated heterocycles. The van der Waals surface area contributed by atoms with Crippen molar-refractivity contribution < 1.29 is 9.53 Å². The van der Waals surface area contributed by atoms with Crippen LogP contribution in [0.15, 0.2) is 58.8 Å². The van der Waals surface area contributed by atoms with Gasteiger partial charge in [-0.1, -0.05) is 19.1 Å². The molecule has 2 aromatic carbocycles. The number of anilines is 1. The molecule has 4 nitrogen and oxygen atoms in total. The van der Waals surface area contributed by atoms with Crippen LogP contribution in [0.1, 0.15) is 17.3 Å². The molecule has 1 amide bonds. The molecule has 0 radical (unpaired) electrons. The molecule has 1 N–H and O–H groups in total. The maximum absolute atomic E-state index is 12.6. The van der Waals surface area contributed by atoms with Crippen molar-refractivity contribution in [1.82, 2.24) is 4.98 Å². The topological polar surface area (TPSA) is 51.2 Å². The number of amides is 1. The summed E-state index contributed by atoms with van der Waals surface area (Å²) < 4.78 is 5.17. The van der Waals surface area contributed by atoms with E-state index in [0.29, 0.717) is 10.7 Å². The third-order valence-electron chi connectivity index (χ3n) is 3.54. The van der Waals surface area contributed by atoms with Gasteiger partial charge in [0.1, 0.15) is 5.75 Å². The minimum atomic E-state index is -0.132. The Kier molecular flexibility index (Phi) is 5.73. The number of hydrogen-bond donors (Lipinski definition) is 1. The van der Waals surface area contributed by atoms with Crippen LogP contribution in [0.4, 0.5) is 5.13 Å². The highest BCUT2D eigenvalue weighted by molar-refractivity contribution is 7.99. The highest BCUT2D eigenvalue weighted by Crippen LogP contribution is 2.28. The van der Waals surface area contributed by atoms with E-state index < -0.39 is 0 Å². The van der Waals surface area contributed by atoms with Crippen LogP contribution in [-0.4, -0.2) is 23.8 Å². The van der Waals surface area contributed by atoms with Crippen LogP contribution in [0.3, 0.4) is 0 Å². The molecule has 25 heavy (non-hydrogen) atoms. The van der Waals surface area contributed by atoms with Gasteiger partial charge in [0.2, 0.25) is 0 Å². The number of carbonyl (C=O) groups is 1. The molecule has 1 aromatic heterocycles. The van der Waals surface area contributed by atoms with Crippen molar-refractivity contribution in [3.05, 3.63) is 59.5 Å². The fourth-order valence-corrected chi connectivity index (χ4v) is 3.84. The molecule has 0 aliphatic carbocycles. The number of methoxy groups -OCH3 is 1. The van der Waals surface area contributed by atoms with E-state index in [-0.39, 0.29) is 5.91 Å². The first-order chi connectivity index (χ1) is 12.2. The van der Waals surface area contributed by atoms with E-state index in [1.54, 1.807) is 18.9 Å². The molecule has 0 fully saturated rings. The molecule has 3 rings (SSSR count). The van der Waals surface area contributed by atoms with E-state index in [1.807, 2.05) is 53.9 Å². The number of hydrogen-bond acceptors (Lipinski definition) is 5. The van der Waals surface area contributed by atoms with Gasteiger partial charge in [-0.2, -0.15) is 0 Å². The number of nitrogens with one attached hydrogen (secondary N) is 1. The van der Waals surface area contributed by atoms with Crippen LogP contribution in [0, 0.1) is 0 Å². The first-order valence-electron chi connectivity index (χ1n) is 7.84. The van der Waals surface area contributed by atoms with E-state index in [4.69, 9.17) is 4.74 Å². The Morgan fingerprint density at radius 3 is 2.68 bits per heavy atom. The molecule has 0 aliphatic rings. The minimum absolute atomic E-state index is 0.132. The molecule has 128 valence electrons. The number of ether oxygens (including phenoxy) is 1. The Morgan fingerprint density at radius 1 is 1.20 bits per heavy atom. The molecule has 0 atom stereocenters. The van der Waals surface area contributed by atoms with Crippen molar-refractivity contribution in [1.29, 1.82) is 0 Å². The third-order valence-corrected chi connectivity index (χ3v) is 5.26. The predicted octanol–water partition coefficient (Wildman–Crippen LogP) is 5.18. The molecule has 0 unspecified atom stereocenters. The maximum Gasteiger partial charge on any atom is 0.258 e. The highest BCUT2D eigenvalue weighted by Gasteiger charge is 2.13. The van der Waals surface area contributed by atoms with E-state index in [9.17, 15) is 4.79 Å². The first-order valence-corrected chi connectivity index (χ1v) is 9.71. The van der Waals surface area contributed by atoms with Crippen LogP contribution in [0.2, 0.25) is 0 Å². The molecule has 6 heteroatoms. The van der Waals surface area contributed by atoms with Gasteiger partial charge in [0.25, 0.3) is 5.91 Å². The molecule has 0 spiro atoms. The quantitative estimate of drug-likeness (QED) is 0.607. The van der Waals surface area contributed by atoms with Gasteiger partial charge in [-0.15, -0.1) is 23.1 Å². The maximum atomic E-state index is 12.6. The van der Waals surface area contributed by atoms with Crippen molar-refractivity contribution in [2.45, 2.75) is 11.8 Å². The summed E-state index contributed by atoms with van der Waals surface area (Å²) in [7, 11) is 1.64. The lowest BCUT2D eigenvalue weighted by Crippen LogP contribution is -2.12. The summed E-state index contributed by atoms with van der Waals surface area (Å²) in [4.78, 5) is 18.1. The number of rotatable bonds is 6. The van der Waals surface area contributed by atoms with Crippen molar-refractivity contribution in [2.75, 3.05) is 18.2 Å². The zero-order valence-electron chi connectivity index (χ0n) is 14.0. The fourth-order valence-electron chi connectivity index (χ4n) is 2.33. The lowest BCUT2D eigenvalue weighted by molar-refractivity contribution is 0.102. The average molecular weight is 370 g/mol. The van der Waals surface area contributed by atoms with E-state index in [0.717, 1.165) is 27.7 Å². The predicted molar refractivity (Wildman–Crippen MR) is 105 cm³/mol. The van der Waals surface area contributed by atoms with Gasteiger partial charge in [-0.05, 0) is 42.2 Å². The molecule has 0 bridgehead atoms. The Balaban J connectivity index is 1.76. The fraction of sp³-hybridized carbons (Fsp3) is 0.158. The summed E-state index contributed by atoms with van der Waals surface area (Å²) in [5.74, 6) is 1.59. The smallest absolute Gasteiger partial charge is 0.258 e. The second-order valence-corrected chi connectivity index (χ2v) is 7.31. The molecule has 0 aliphatic heterocycles. The van der Waals surface area contributed by atoms with Crippen LogP contribution >= 0.6 is 23.1 Å². The van der Waals surface area contributed by atoms with Gasteiger partial charge in [-0.3, -0.25) is 10.1 Å². The summed E-state index contributed by atoms with van der Waals surface area (Å²) in [5, 5.41) is 5.42. The lowest BCUT2D eigenvalue weighted by atomic mass is 10.2.